The highest BCUT2D eigenvalue weighted by Crippen LogP contribution is 2.34. The van der Waals surface area contributed by atoms with Crippen LogP contribution in [0.2, 0.25) is 0 Å². The zero-order chi connectivity index (χ0) is 26.8. The molecule has 4 aromatic rings. The van der Waals surface area contributed by atoms with E-state index in [4.69, 9.17) is 10.8 Å². The van der Waals surface area contributed by atoms with Crippen LogP contribution in [-0.4, -0.2) is 49.4 Å². The number of nitrogen functional groups attached to an aromatic ring is 1. The van der Waals surface area contributed by atoms with E-state index in [1.54, 1.807) is 24.0 Å². The summed E-state index contributed by atoms with van der Waals surface area (Å²) in [5.41, 5.74) is 10.2. The van der Waals surface area contributed by atoms with Gasteiger partial charge in [-0.05, 0) is 49.5 Å². The van der Waals surface area contributed by atoms with E-state index in [9.17, 15) is 14.0 Å². The summed E-state index contributed by atoms with van der Waals surface area (Å²) in [4.78, 5) is 35.3. The summed E-state index contributed by atoms with van der Waals surface area (Å²) < 4.78 is 16.0. The maximum atomic E-state index is 14.2. The Bertz CT molecular complexity index is 1510. The van der Waals surface area contributed by atoms with E-state index in [0.29, 0.717) is 47.6 Å². The van der Waals surface area contributed by atoms with Gasteiger partial charge in [0.2, 0.25) is 5.91 Å². The first-order valence-corrected chi connectivity index (χ1v) is 12.6. The number of fused-ring (bicyclic) bond motifs is 1. The quantitative estimate of drug-likeness (QED) is 0.284. The Balaban J connectivity index is 1.40. The van der Waals surface area contributed by atoms with Gasteiger partial charge in [0, 0.05) is 25.1 Å². The van der Waals surface area contributed by atoms with E-state index in [-0.39, 0.29) is 29.7 Å². The van der Waals surface area contributed by atoms with Gasteiger partial charge in [-0.15, -0.1) is 0 Å². The fourth-order valence-corrected chi connectivity index (χ4v) is 5.13. The van der Waals surface area contributed by atoms with Crippen LogP contribution in [0, 0.1) is 12.7 Å². The van der Waals surface area contributed by atoms with Gasteiger partial charge in [-0.1, -0.05) is 43.0 Å². The van der Waals surface area contributed by atoms with E-state index in [1.165, 1.54) is 18.5 Å². The Kier molecular flexibility index (Phi) is 7.00. The summed E-state index contributed by atoms with van der Waals surface area (Å²) in [5.74, 6) is -0.459. The zero-order valence-electron chi connectivity index (χ0n) is 21.2. The molecule has 1 aliphatic heterocycles. The standard InChI is InChI=1S/C29H29FN6O2/c1-3-24(38)35-15-5-7-21(16-35)36-29-26(28(31)32-17-33-29)27(34-36)20-12-9-19(10-13-20)11-14-23(37)25-18(2)6-4-8-22(25)30/h3-4,6,8-10,12-13,17,21H,1,5,7,11,14-16H2,2H3,(H2,31,32,33)/t21-/m1/s1. The van der Waals surface area contributed by atoms with Gasteiger partial charge in [-0.25, -0.2) is 19.0 Å². The smallest absolute Gasteiger partial charge is 0.246 e. The lowest BCUT2D eigenvalue weighted by Crippen LogP contribution is -2.40. The van der Waals surface area contributed by atoms with Crippen molar-refractivity contribution < 1.29 is 14.0 Å². The first kappa shape index (κ1) is 25.3. The Morgan fingerprint density at radius 2 is 1.97 bits per heavy atom. The van der Waals surface area contributed by atoms with Gasteiger partial charge in [0.05, 0.1) is 17.0 Å². The Morgan fingerprint density at radius 1 is 1.18 bits per heavy atom. The predicted octanol–water partition coefficient (Wildman–Crippen LogP) is 4.69. The van der Waals surface area contributed by atoms with E-state index in [2.05, 4.69) is 16.5 Å². The molecule has 1 amide bonds. The lowest BCUT2D eigenvalue weighted by Gasteiger charge is -2.32. The van der Waals surface area contributed by atoms with Crippen LogP contribution < -0.4 is 5.73 Å². The number of carbonyl (C=O) groups is 2. The fraction of sp³-hybridized carbons (Fsp3) is 0.276. The first-order chi connectivity index (χ1) is 18.4. The van der Waals surface area contributed by atoms with E-state index in [0.717, 1.165) is 24.0 Å². The van der Waals surface area contributed by atoms with Gasteiger partial charge in [-0.3, -0.25) is 9.59 Å². The molecule has 2 aromatic heterocycles. The second kappa shape index (κ2) is 10.5. The van der Waals surface area contributed by atoms with Crippen LogP contribution in [0.5, 0.6) is 0 Å². The van der Waals surface area contributed by atoms with Crippen molar-refractivity contribution in [3.63, 3.8) is 0 Å². The van der Waals surface area contributed by atoms with Crippen LogP contribution in [0.1, 0.15) is 46.8 Å². The highest BCUT2D eigenvalue weighted by Gasteiger charge is 2.28. The minimum Gasteiger partial charge on any atom is -0.383 e. The molecule has 38 heavy (non-hydrogen) atoms. The minimum absolute atomic E-state index is 0.0506. The highest BCUT2D eigenvalue weighted by atomic mass is 19.1. The number of anilines is 1. The van der Waals surface area contributed by atoms with Gasteiger partial charge in [-0.2, -0.15) is 5.10 Å². The normalized spacial score (nSPS) is 15.5. The van der Waals surface area contributed by atoms with Gasteiger partial charge < -0.3 is 10.6 Å². The van der Waals surface area contributed by atoms with Crippen LogP contribution in [0.25, 0.3) is 22.3 Å². The largest absolute Gasteiger partial charge is 0.383 e. The van der Waals surface area contributed by atoms with Crippen LogP contribution in [0.15, 0.2) is 61.4 Å². The molecule has 5 rings (SSSR count). The molecule has 0 saturated carbocycles. The van der Waals surface area contributed by atoms with E-state index in [1.807, 2.05) is 28.9 Å². The number of aromatic nitrogens is 4. The summed E-state index contributed by atoms with van der Waals surface area (Å²) in [7, 11) is 0. The number of benzene rings is 2. The number of likely N-dealkylation sites (tertiary alicyclic amines) is 1. The molecule has 0 unspecified atom stereocenters. The molecule has 1 saturated heterocycles. The number of hydrogen-bond acceptors (Lipinski definition) is 6. The topological polar surface area (TPSA) is 107 Å². The van der Waals surface area contributed by atoms with Crippen molar-refractivity contribution in [3.8, 4) is 11.3 Å². The molecular weight excluding hydrogens is 483 g/mol. The van der Waals surface area contributed by atoms with Crippen molar-refractivity contribution in [1.29, 1.82) is 0 Å². The molecule has 0 bridgehead atoms. The molecular formula is C29H29FN6O2. The average molecular weight is 513 g/mol. The number of aryl methyl sites for hydroxylation is 2. The SMILES string of the molecule is C=CC(=O)N1CCC[C@@H](n2nc(-c3ccc(CCC(=O)c4c(C)cccc4F)cc3)c3c(N)ncnc32)C1. The summed E-state index contributed by atoms with van der Waals surface area (Å²) in [6.45, 7) is 6.55. The van der Waals surface area contributed by atoms with Crippen molar-refractivity contribution >= 4 is 28.5 Å². The Morgan fingerprint density at radius 3 is 2.71 bits per heavy atom. The lowest BCUT2D eigenvalue weighted by molar-refractivity contribution is -0.127. The second-order valence-electron chi connectivity index (χ2n) is 9.59. The second-order valence-corrected chi connectivity index (χ2v) is 9.59. The molecule has 1 atom stereocenters. The van der Waals surface area contributed by atoms with E-state index >= 15 is 0 Å². The molecule has 1 aliphatic rings. The van der Waals surface area contributed by atoms with Gasteiger partial charge >= 0.3 is 0 Å². The number of Topliss-reactive ketones (excluding diaryl/α,β-unsaturated/α-hetero) is 1. The number of ketones is 1. The Labute approximate surface area is 220 Å². The van der Waals surface area contributed by atoms with Crippen molar-refractivity contribution in [1.82, 2.24) is 24.6 Å². The third-order valence-electron chi connectivity index (χ3n) is 7.12. The molecule has 0 spiro atoms. The van der Waals surface area contributed by atoms with Crippen molar-refractivity contribution in [2.45, 2.75) is 38.6 Å². The number of piperidine rings is 1. The number of nitrogens with two attached hydrogens (primary N) is 1. The van der Waals surface area contributed by atoms with Crippen molar-refractivity contribution in [2.75, 3.05) is 18.8 Å². The third-order valence-corrected chi connectivity index (χ3v) is 7.12. The molecule has 8 nitrogen and oxygen atoms in total. The molecule has 2 aromatic carbocycles. The van der Waals surface area contributed by atoms with Crippen LogP contribution >= 0.6 is 0 Å². The molecule has 0 radical (unpaired) electrons. The van der Waals surface area contributed by atoms with Crippen LogP contribution in [-0.2, 0) is 11.2 Å². The lowest BCUT2D eigenvalue weighted by atomic mass is 9.98. The fourth-order valence-electron chi connectivity index (χ4n) is 5.13. The summed E-state index contributed by atoms with van der Waals surface area (Å²) in [5, 5.41) is 5.57. The summed E-state index contributed by atoms with van der Waals surface area (Å²) in [6.07, 6.45) is 5.16. The van der Waals surface area contributed by atoms with Crippen LogP contribution in [0.3, 0.4) is 0 Å². The van der Waals surface area contributed by atoms with Crippen molar-refractivity contribution in [3.05, 3.63) is 84.0 Å². The van der Waals surface area contributed by atoms with E-state index < -0.39 is 5.82 Å². The summed E-state index contributed by atoms with van der Waals surface area (Å²) >= 11 is 0. The monoisotopic (exact) mass is 512 g/mol. The summed E-state index contributed by atoms with van der Waals surface area (Å²) in [6, 6.07) is 12.4. The minimum atomic E-state index is -0.484. The number of nitrogens with zero attached hydrogens (tertiary/aromatic N) is 5. The molecule has 9 heteroatoms. The number of amides is 1. The van der Waals surface area contributed by atoms with Crippen LogP contribution in [0.4, 0.5) is 10.2 Å². The van der Waals surface area contributed by atoms with Gasteiger partial charge in [0.25, 0.3) is 0 Å². The molecule has 1 fully saturated rings. The predicted molar refractivity (Wildman–Crippen MR) is 144 cm³/mol. The van der Waals surface area contributed by atoms with Gasteiger partial charge in [0.1, 0.15) is 23.7 Å². The zero-order valence-corrected chi connectivity index (χ0v) is 21.2. The first-order valence-electron chi connectivity index (χ1n) is 12.6. The maximum absolute atomic E-state index is 14.2. The third kappa shape index (κ3) is 4.79. The molecule has 2 N–H and O–H groups in total. The highest BCUT2D eigenvalue weighted by molar-refractivity contribution is 5.99. The number of halogens is 1. The molecule has 0 aliphatic carbocycles. The number of carbonyl (C=O) groups excluding carboxylic acids is 2. The Hall–Kier alpha value is -4.40. The maximum Gasteiger partial charge on any atom is 0.246 e. The molecule has 3 heterocycles. The number of hydrogen-bond donors (Lipinski definition) is 1. The van der Waals surface area contributed by atoms with Gasteiger partial charge in [0.15, 0.2) is 11.4 Å². The average Bonchev–Trinajstić information content (AvgIpc) is 3.33. The number of rotatable bonds is 7. The molecule has 194 valence electrons. The van der Waals surface area contributed by atoms with Crippen molar-refractivity contribution in [2.24, 2.45) is 0 Å².